The summed E-state index contributed by atoms with van der Waals surface area (Å²) in [4.78, 5) is 42.5. The monoisotopic (exact) mass is 420 g/mol. The van der Waals surface area contributed by atoms with Crippen LogP contribution in [-0.4, -0.2) is 57.7 Å². The van der Waals surface area contributed by atoms with Crippen molar-refractivity contribution in [1.82, 2.24) is 14.8 Å². The molecular weight excluding hydrogens is 396 g/mol. The van der Waals surface area contributed by atoms with Gasteiger partial charge in [0.25, 0.3) is 11.6 Å². The van der Waals surface area contributed by atoms with Gasteiger partial charge in [-0.2, -0.15) is 0 Å². The Morgan fingerprint density at radius 2 is 1.68 bits per heavy atom. The molecule has 1 saturated heterocycles. The van der Waals surface area contributed by atoms with Gasteiger partial charge >= 0.3 is 0 Å². The fourth-order valence-corrected chi connectivity index (χ4v) is 3.98. The molecule has 1 fully saturated rings. The zero-order valence-corrected chi connectivity index (χ0v) is 17.1. The first kappa shape index (κ1) is 20.6. The summed E-state index contributed by atoms with van der Waals surface area (Å²) in [6.45, 7) is 1.88. The summed E-state index contributed by atoms with van der Waals surface area (Å²) < 4.78 is 0. The number of para-hydroxylation sites is 1. The normalized spacial score (nSPS) is 14.1. The van der Waals surface area contributed by atoms with Gasteiger partial charge < -0.3 is 14.8 Å². The molecule has 0 saturated carbocycles. The van der Waals surface area contributed by atoms with Crippen molar-refractivity contribution in [3.05, 3.63) is 76.0 Å². The maximum Gasteiger partial charge on any atom is 0.293 e. The van der Waals surface area contributed by atoms with E-state index >= 15 is 0 Å². The number of H-pyrrole nitrogens is 1. The highest BCUT2D eigenvalue weighted by molar-refractivity contribution is 6.00. The van der Waals surface area contributed by atoms with Crippen LogP contribution in [0.25, 0.3) is 10.9 Å². The zero-order chi connectivity index (χ0) is 21.8. The molecule has 1 aliphatic rings. The van der Waals surface area contributed by atoms with Crippen molar-refractivity contribution in [2.24, 2.45) is 0 Å². The Hall–Kier alpha value is -3.68. The minimum Gasteiger partial charge on any atom is -0.345 e. The van der Waals surface area contributed by atoms with Gasteiger partial charge in [0.2, 0.25) is 5.91 Å². The highest BCUT2D eigenvalue weighted by atomic mass is 16.6. The summed E-state index contributed by atoms with van der Waals surface area (Å²) in [5.41, 5.74) is 1.85. The molecule has 2 heterocycles. The van der Waals surface area contributed by atoms with Crippen LogP contribution in [0.5, 0.6) is 0 Å². The molecule has 3 aromatic rings. The Bertz CT molecular complexity index is 1100. The van der Waals surface area contributed by atoms with E-state index < -0.39 is 4.92 Å². The first-order valence-electron chi connectivity index (χ1n) is 10.4. The summed E-state index contributed by atoms with van der Waals surface area (Å²) in [5, 5.41) is 11.8. The maximum absolute atomic E-state index is 12.9. The molecule has 0 unspecified atom stereocenters. The average molecular weight is 420 g/mol. The van der Waals surface area contributed by atoms with Crippen molar-refractivity contribution in [1.29, 1.82) is 0 Å². The van der Waals surface area contributed by atoms with Gasteiger partial charge in [0.1, 0.15) is 11.2 Å². The SMILES string of the molecule is O=C(CCCc1ccccc1)N1CCN(C(=O)c2cc3cccc([N+](=O)[O-])c3[nH]2)CC1. The number of carbonyl (C=O) groups excluding carboxylic acids is 2. The number of nitrogens with one attached hydrogen (secondary N) is 1. The predicted molar refractivity (Wildman–Crippen MR) is 117 cm³/mol. The van der Waals surface area contributed by atoms with Crippen LogP contribution in [0, 0.1) is 10.1 Å². The molecule has 31 heavy (non-hydrogen) atoms. The minimum absolute atomic E-state index is 0.0533. The Labute approximate surface area is 179 Å². The summed E-state index contributed by atoms with van der Waals surface area (Å²) in [6, 6.07) is 16.5. The topological polar surface area (TPSA) is 99.6 Å². The lowest BCUT2D eigenvalue weighted by molar-refractivity contribution is -0.383. The second-order valence-corrected chi connectivity index (χ2v) is 7.69. The third kappa shape index (κ3) is 4.58. The highest BCUT2D eigenvalue weighted by Crippen LogP contribution is 2.26. The minimum atomic E-state index is -0.463. The second kappa shape index (κ2) is 8.99. The first-order valence-corrected chi connectivity index (χ1v) is 10.4. The van der Waals surface area contributed by atoms with E-state index in [-0.39, 0.29) is 17.5 Å². The van der Waals surface area contributed by atoms with Gasteiger partial charge in [-0.15, -0.1) is 0 Å². The van der Waals surface area contributed by atoms with Gasteiger partial charge in [-0.3, -0.25) is 19.7 Å². The third-order valence-corrected chi connectivity index (χ3v) is 5.68. The van der Waals surface area contributed by atoms with Crippen LogP contribution < -0.4 is 0 Å². The molecule has 0 atom stereocenters. The Morgan fingerprint density at radius 3 is 2.39 bits per heavy atom. The Morgan fingerprint density at radius 1 is 0.968 bits per heavy atom. The number of non-ortho nitro benzene ring substituents is 1. The lowest BCUT2D eigenvalue weighted by Crippen LogP contribution is -2.50. The van der Waals surface area contributed by atoms with Gasteiger partial charge in [-0.1, -0.05) is 42.5 Å². The number of rotatable bonds is 6. The molecule has 0 spiro atoms. The second-order valence-electron chi connectivity index (χ2n) is 7.69. The Balaban J connectivity index is 1.31. The third-order valence-electron chi connectivity index (χ3n) is 5.68. The number of piperazine rings is 1. The van der Waals surface area contributed by atoms with Crippen molar-refractivity contribution >= 4 is 28.4 Å². The molecular formula is C23H24N4O4. The lowest BCUT2D eigenvalue weighted by Gasteiger charge is -2.34. The molecule has 4 rings (SSSR count). The number of nitrogens with zero attached hydrogens (tertiary/aromatic N) is 3. The molecule has 8 heteroatoms. The van der Waals surface area contributed by atoms with Gasteiger partial charge in [-0.25, -0.2) is 0 Å². The summed E-state index contributed by atoms with van der Waals surface area (Å²) in [5.74, 6) is -0.0917. The number of benzene rings is 2. The van der Waals surface area contributed by atoms with Crippen molar-refractivity contribution in [3.63, 3.8) is 0 Å². The standard InChI is InChI=1S/C23H24N4O4/c28-21(11-4-8-17-6-2-1-3-7-17)25-12-14-26(15-13-25)23(29)19-16-18-9-5-10-20(27(30)31)22(18)24-19/h1-3,5-7,9-10,16,24H,4,8,11-15H2. The molecule has 0 aliphatic carbocycles. The number of aromatic nitrogens is 1. The molecule has 2 amide bonds. The van der Waals surface area contributed by atoms with E-state index in [0.29, 0.717) is 49.2 Å². The maximum atomic E-state index is 12.9. The number of amides is 2. The molecule has 0 bridgehead atoms. The predicted octanol–water partition coefficient (Wildman–Crippen LogP) is 3.38. The van der Waals surface area contributed by atoms with E-state index in [2.05, 4.69) is 17.1 Å². The van der Waals surface area contributed by atoms with Crippen molar-refractivity contribution < 1.29 is 14.5 Å². The van der Waals surface area contributed by atoms with E-state index in [1.807, 2.05) is 23.1 Å². The van der Waals surface area contributed by atoms with E-state index in [9.17, 15) is 19.7 Å². The van der Waals surface area contributed by atoms with Crippen LogP contribution in [-0.2, 0) is 11.2 Å². The van der Waals surface area contributed by atoms with E-state index in [1.165, 1.54) is 11.6 Å². The average Bonchev–Trinajstić information content (AvgIpc) is 3.23. The molecule has 8 nitrogen and oxygen atoms in total. The fourth-order valence-electron chi connectivity index (χ4n) is 3.98. The van der Waals surface area contributed by atoms with Gasteiger partial charge in [0.05, 0.1) is 4.92 Å². The molecule has 1 aromatic heterocycles. The van der Waals surface area contributed by atoms with Gasteiger partial charge in [0.15, 0.2) is 0 Å². The lowest BCUT2D eigenvalue weighted by atomic mass is 10.1. The number of aryl methyl sites for hydroxylation is 1. The van der Waals surface area contributed by atoms with Crippen molar-refractivity contribution in [2.75, 3.05) is 26.2 Å². The first-order chi connectivity index (χ1) is 15.0. The number of fused-ring (bicyclic) bond motifs is 1. The van der Waals surface area contributed by atoms with Crippen LogP contribution in [0.2, 0.25) is 0 Å². The molecule has 1 aliphatic heterocycles. The largest absolute Gasteiger partial charge is 0.345 e. The number of aromatic amines is 1. The van der Waals surface area contributed by atoms with Crippen LogP contribution in [0.1, 0.15) is 28.9 Å². The van der Waals surface area contributed by atoms with Crippen LogP contribution in [0.4, 0.5) is 5.69 Å². The summed E-state index contributed by atoms with van der Waals surface area (Å²) in [7, 11) is 0. The van der Waals surface area contributed by atoms with E-state index in [1.54, 1.807) is 23.1 Å². The van der Waals surface area contributed by atoms with E-state index in [4.69, 9.17) is 0 Å². The number of carbonyl (C=O) groups is 2. The molecule has 2 aromatic carbocycles. The van der Waals surface area contributed by atoms with E-state index in [0.717, 1.165) is 12.8 Å². The summed E-state index contributed by atoms with van der Waals surface area (Å²) in [6.07, 6.45) is 2.17. The Kier molecular flexibility index (Phi) is 5.97. The number of hydrogen-bond donors (Lipinski definition) is 1. The molecule has 1 N–H and O–H groups in total. The smallest absolute Gasteiger partial charge is 0.293 e. The van der Waals surface area contributed by atoms with Crippen molar-refractivity contribution in [2.45, 2.75) is 19.3 Å². The van der Waals surface area contributed by atoms with Crippen molar-refractivity contribution in [3.8, 4) is 0 Å². The van der Waals surface area contributed by atoms with Gasteiger partial charge in [-0.05, 0) is 24.5 Å². The highest BCUT2D eigenvalue weighted by Gasteiger charge is 2.26. The number of hydrogen-bond acceptors (Lipinski definition) is 4. The zero-order valence-electron chi connectivity index (χ0n) is 17.1. The van der Waals surface area contributed by atoms with Crippen LogP contribution >= 0.6 is 0 Å². The van der Waals surface area contributed by atoms with Crippen LogP contribution in [0.15, 0.2) is 54.6 Å². The number of nitro benzene ring substituents is 1. The molecule has 160 valence electrons. The fraction of sp³-hybridized carbons (Fsp3) is 0.304. The summed E-state index contributed by atoms with van der Waals surface area (Å²) >= 11 is 0. The van der Waals surface area contributed by atoms with Gasteiger partial charge in [0, 0.05) is 44.1 Å². The van der Waals surface area contributed by atoms with Crippen LogP contribution in [0.3, 0.4) is 0 Å². The quantitative estimate of drug-likeness (QED) is 0.488. The number of nitro groups is 1. The molecule has 0 radical (unpaired) electrons.